The lowest BCUT2D eigenvalue weighted by Gasteiger charge is -2.04. The van der Waals surface area contributed by atoms with E-state index in [0.717, 1.165) is 4.88 Å². The second-order valence-electron chi connectivity index (χ2n) is 4.61. The molecule has 0 saturated carbocycles. The maximum atomic E-state index is 13.8. The van der Waals surface area contributed by atoms with Gasteiger partial charge in [0, 0.05) is 36.6 Å². The van der Waals surface area contributed by atoms with Gasteiger partial charge in [0.15, 0.2) is 0 Å². The highest BCUT2D eigenvalue weighted by Gasteiger charge is 2.14. The second-order valence-corrected chi connectivity index (χ2v) is 6.78. The summed E-state index contributed by atoms with van der Waals surface area (Å²) in [6.07, 6.45) is 3.70. The molecule has 0 spiro atoms. The number of benzene rings is 1. The summed E-state index contributed by atoms with van der Waals surface area (Å²) in [5.41, 5.74) is 0.942. The Hall–Kier alpha value is -1.55. The molecule has 0 unspecified atom stereocenters. The van der Waals surface area contributed by atoms with Crippen LogP contribution in [-0.2, 0) is 5.75 Å². The van der Waals surface area contributed by atoms with E-state index < -0.39 is 0 Å². The number of hydrogen-bond acceptors (Lipinski definition) is 5. The zero-order valence-corrected chi connectivity index (χ0v) is 14.4. The number of thioether (sulfide) groups is 1. The summed E-state index contributed by atoms with van der Waals surface area (Å²) >= 11 is 8.57. The summed E-state index contributed by atoms with van der Waals surface area (Å²) < 4.78 is 18.0. The molecule has 0 aliphatic carbocycles. The molecule has 0 atom stereocenters. The average Bonchev–Trinajstić information content (AvgIpc) is 2.86. The molecule has 22 heavy (non-hydrogen) atoms. The van der Waals surface area contributed by atoms with Gasteiger partial charge in [-0.05, 0) is 29.7 Å². The van der Waals surface area contributed by atoms with Gasteiger partial charge in [-0.3, -0.25) is 0 Å². The van der Waals surface area contributed by atoms with E-state index in [1.165, 1.54) is 29.4 Å². The molecule has 1 heterocycles. The molecule has 0 saturated heterocycles. The Morgan fingerprint density at radius 2 is 2.27 bits per heavy atom. The Kier molecular flexibility index (Phi) is 5.83. The van der Waals surface area contributed by atoms with Crippen molar-refractivity contribution in [2.75, 3.05) is 14.1 Å². The Morgan fingerprint density at radius 3 is 2.91 bits per heavy atom. The van der Waals surface area contributed by atoms with Gasteiger partial charge in [-0.15, -0.1) is 0 Å². The van der Waals surface area contributed by atoms with Crippen LogP contribution in [0.1, 0.15) is 16.0 Å². The van der Waals surface area contributed by atoms with Gasteiger partial charge in [-0.1, -0.05) is 29.4 Å². The predicted molar refractivity (Wildman–Crippen MR) is 90.5 cm³/mol. The number of hydrogen-bond donors (Lipinski definition) is 0. The van der Waals surface area contributed by atoms with E-state index in [1.807, 2.05) is 31.3 Å². The zero-order chi connectivity index (χ0) is 16.1. The number of halogens is 2. The van der Waals surface area contributed by atoms with E-state index in [4.69, 9.17) is 11.6 Å². The van der Waals surface area contributed by atoms with Gasteiger partial charge in [0.05, 0.1) is 4.88 Å². The maximum absolute atomic E-state index is 13.8. The third-order valence-electron chi connectivity index (χ3n) is 2.74. The standard InChI is InChI=1S/C15H13ClFN3S2/c1-20(2)7-6-14-10(8-18)15(19-22-14)21-9-11-12(16)4-3-5-13(11)17/h3-7H,9H2,1-2H3. The quantitative estimate of drug-likeness (QED) is 0.734. The third-order valence-corrected chi connectivity index (χ3v) is 5.02. The molecule has 0 bridgehead atoms. The monoisotopic (exact) mass is 353 g/mol. The molecule has 0 radical (unpaired) electrons. The van der Waals surface area contributed by atoms with Gasteiger partial charge < -0.3 is 4.90 Å². The van der Waals surface area contributed by atoms with Crippen molar-refractivity contribution in [1.82, 2.24) is 9.27 Å². The van der Waals surface area contributed by atoms with Crippen molar-refractivity contribution in [3.05, 3.63) is 51.2 Å². The molecule has 0 aliphatic heterocycles. The molecule has 0 aliphatic rings. The van der Waals surface area contributed by atoms with Crippen molar-refractivity contribution in [2.45, 2.75) is 10.8 Å². The minimum absolute atomic E-state index is 0.334. The fourth-order valence-corrected chi connectivity index (χ4v) is 3.83. The van der Waals surface area contributed by atoms with Crippen molar-refractivity contribution in [3.8, 4) is 6.07 Å². The van der Waals surface area contributed by atoms with E-state index in [0.29, 0.717) is 26.9 Å². The number of nitrogens with zero attached hydrogens (tertiary/aromatic N) is 3. The molecule has 1 aromatic heterocycles. The van der Waals surface area contributed by atoms with Crippen LogP contribution in [0.4, 0.5) is 4.39 Å². The lowest BCUT2D eigenvalue weighted by Crippen LogP contribution is -1.99. The Labute approximate surface area is 142 Å². The van der Waals surface area contributed by atoms with Crippen LogP contribution >= 0.6 is 34.9 Å². The third kappa shape index (κ3) is 4.01. The summed E-state index contributed by atoms with van der Waals surface area (Å²) in [4.78, 5) is 2.67. The van der Waals surface area contributed by atoms with Crippen molar-refractivity contribution in [2.24, 2.45) is 0 Å². The van der Waals surface area contributed by atoms with Gasteiger partial charge in [0.1, 0.15) is 22.5 Å². The molecule has 2 aromatic rings. The summed E-state index contributed by atoms with van der Waals surface area (Å²) in [6, 6.07) is 6.76. The molecule has 1 aromatic carbocycles. The zero-order valence-electron chi connectivity index (χ0n) is 12.0. The van der Waals surface area contributed by atoms with Crippen molar-refractivity contribution in [1.29, 1.82) is 5.26 Å². The SMILES string of the molecule is CN(C)C=Cc1snc(SCc2c(F)cccc2Cl)c1C#N. The van der Waals surface area contributed by atoms with Crippen molar-refractivity contribution < 1.29 is 4.39 Å². The fraction of sp³-hybridized carbons (Fsp3) is 0.200. The molecule has 7 heteroatoms. The maximum Gasteiger partial charge on any atom is 0.129 e. The lowest BCUT2D eigenvalue weighted by molar-refractivity contribution is 0.567. The Balaban J connectivity index is 2.19. The van der Waals surface area contributed by atoms with Gasteiger partial charge in [0.2, 0.25) is 0 Å². The van der Waals surface area contributed by atoms with E-state index in [2.05, 4.69) is 10.4 Å². The summed E-state index contributed by atoms with van der Waals surface area (Å²) in [7, 11) is 3.80. The summed E-state index contributed by atoms with van der Waals surface area (Å²) in [5, 5.41) is 10.3. The minimum Gasteiger partial charge on any atom is -0.383 e. The largest absolute Gasteiger partial charge is 0.383 e. The molecule has 2 rings (SSSR count). The smallest absolute Gasteiger partial charge is 0.129 e. The van der Waals surface area contributed by atoms with E-state index in [-0.39, 0.29) is 5.82 Å². The van der Waals surface area contributed by atoms with Gasteiger partial charge >= 0.3 is 0 Å². The molecular formula is C15H13ClFN3S2. The second kappa shape index (κ2) is 7.63. The van der Waals surface area contributed by atoms with Crippen LogP contribution in [0.3, 0.4) is 0 Å². The highest BCUT2D eigenvalue weighted by atomic mass is 35.5. The molecule has 0 N–H and O–H groups in total. The molecule has 3 nitrogen and oxygen atoms in total. The molecular weight excluding hydrogens is 341 g/mol. The number of aromatic nitrogens is 1. The lowest BCUT2D eigenvalue weighted by atomic mass is 10.2. The van der Waals surface area contributed by atoms with Crippen LogP contribution < -0.4 is 0 Å². The van der Waals surface area contributed by atoms with E-state index in [1.54, 1.807) is 12.1 Å². The van der Waals surface area contributed by atoms with Crippen LogP contribution in [0, 0.1) is 17.1 Å². The topological polar surface area (TPSA) is 39.9 Å². The number of rotatable bonds is 5. The average molecular weight is 354 g/mol. The van der Waals surface area contributed by atoms with E-state index >= 15 is 0 Å². The highest BCUT2D eigenvalue weighted by Crippen LogP contribution is 2.32. The van der Waals surface area contributed by atoms with Crippen molar-refractivity contribution >= 4 is 41.0 Å². The first-order chi connectivity index (χ1) is 10.5. The van der Waals surface area contributed by atoms with Gasteiger partial charge in [0.25, 0.3) is 0 Å². The van der Waals surface area contributed by atoms with Crippen LogP contribution in [0.25, 0.3) is 6.08 Å². The molecule has 0 fully saturated rings. The Bertz CT molecular complexity index is 715. The van der Waals surface area contributed by atoms with Gasteiger partial charge in [-0.2, -0.15) is 9.64 Å². The normalized spacial score (nSPS) is 10.9. The first-order valence-corrected chi connectivity index (χ1v) is 8.46. The van der Waals surface area contributed by atoms with Gasteiger partial charge in [-0.25, -0.2) is 4.39 Å². The minimum atomic E-state index is -0.346. The van der Waals surface area contributed by atoms with Crippen LogP contribution in [-0.4, -0.2) is 23.4 Å². The first kappa shape index (κ1) is 16.8. The van der Waals surface area contributed by atoms with Crippen LogP contribution in [0.2, 0.25) is 5.02 Å². The highest BCUT2D eigenvalue weighted by molar-refractivity contribution is 7.98. The predicted octanol–water partition coefficient (Wildman–Crippen LogP) is 4.63. The van der Waals surface area contributed by atoms with E-state index in [9.17, 15) is 9.65 Å². The molecule has 0 amide bonds. The first-order valence-electron chi connectivity index (χ1n) is 6.33. The summed E-state index contributed by atoms with van der Waals surface area (Å²) in [6.45, 7) is 0. The van der Waals surface area contributed by atoms with Crippen LogP contribution in [0.5, 0.6) is 0 Å². The fourth-order valence-electron chi connectivity index (χ4n) is 1.63. The summed E-state index contributed by atoms with van der Waals surface area (Å²) in [5.74, 6) is -0.0118. The van der Waals surface area contributed by atoms with Crippen molar-refractivity contribution in [3.63, 3.8) is 0 Å². The van der Waals surface area contributed by atoms with Crippen LogP contribution in [0.15, 0.2) is 29.4 Å². The Morgan fingerprint density at radius 1 is 1.50 bits per heavy atom. The molecule has 114 valence electrons. The number of nitriles is 1.